The number of aromatic nitrogens is 5. The molecule has 5 aromatic rings. The Kier molecular flexibility index (Phi) is 5.15. The quantitative estimate of drug-likeness (QED) is 0.416. The number of hydrogen-bond donors (Lipinski definition) is 1. The van der Waals surface area contributed by atoms with E-state index in [0.29, 0.717) is 22.5 Å². The molecule has 2 N–H and O–H groups in total. The second-order valence-electron chi connectivity index (χ2n) is 7.89. The average Bonchev–Trinajstić information content (AvgIpc) is 3.42. The summed E-state index contributed by atoms with van der Waals surface area (Å²) in [5, 5.41) is 14.8. The molecule has 0 saturated heterocycles. The normalized spacial score (nSPS) is 10.9. The summed E-state index contributed by atoms with van der Waals surface area (Å²) in [5.41, 5.74) is 11.4. The van der Waals surface area contributed by atoms with E-state index in [4.69, 9.17) is 10.8 Å². The van der Waals surface area contributed by atoms with Gasteiger partial charge in [-0.15, -0.1) is 0 Å². The summed E-state index contributed by atoms with van der Waals surface area (Å²) in [5.74, 6) is 0.471. The molecule has 7 nitrogen and oxygen atoms in total. The molecule has 0 unspecified atom stereocenters. The molecule has 0 atom stereocenters. The number of nitrogen functional groups attached to an aromatic ring is 1. The first-order chi connectivity index (χ1) is 16.5. The number of benzene rings is 2. The molecular formula is C26H20FN7. The molecule has 5 rings (SSSR count). The van der Waals surface area contributed by atoms with Crippen LogP contribution in [0.3, 0.4) is 0 Å². The van der Waals surface area contributed by atoms with Crippen LogP contribution in [-0.2, 0) is 0 Å². The molecule has 0 spiro atoms. The van der Waals surface area contributed by atoms with Crippen LogP contribution in [0.2, 0.25) is 0 Å². The minimum atomic E-state index is -0.344. The van der Waals surface area contributed by atoms with Crippen LogP contribution >= 0.6 is 0 Å². The van der Waals surface area contributed by atoms with Crippen molar-refractivity contribution in [3.05, 3.63) is 96.0 Å². The lowest BCUT2D eigenvalue weighted by atomic mass is 9.98. The molecule has 166 valence electrons. The van der Waals surface area contributed by atoms with Crippen LogP contribution in [0.1, 0.15) is 17.0 Å². The lowest BCUT2D eigenvalue weighted by Crippen LogP contribution is -2.06. The Balaban J connectivity index is 1.83. The Hall–Kier alpha value is -4.77. The van der Waals surface area contributed by atoms with Crippen molar-refractivity contribution in [2.24, 2.45) is 0 Å². The number of anilines is 1. The number of aryl methyl sites for hydroxylation is 2. The number of imidazole rings is 1. The standard InChI is InChI=1S/C26H20FN7/c1-16-14-33(15-30-16)26-24(17(2)32-34(26)20-6-4-3-5-7-20)21-12-23(31-25(29)22(21)13-28)18-8-10-19(27)11-9-18/h3-12,14-15H,1-2H3,(H2,29,31). The second-order valence-corrected chi connectivity index (χ2v) is 7.89. The van der Waals surface area contributed by atoms with Crippen LogP contribution < -0.4 is 5.73 Å². The van der Waals surface area contributed by atoms with E-state index in [2.05, 4.69) is 16.0 Å². The van der Waals surface area contributed by atoms with Gasteiger partial charge in [-0.1, -0.05) is 18.2 Å². The zero-order valence-electron chi connectivity index (χ0n) is 18.6. The fourth-order valence-corrected chi connectivity index (χ4v) is 4.00. The van der Waals surface area contributed by atoms with E-state index >= 15 is 0 Å². The molecule has 0 aliphatic carbocycles. The summed E-state index contributed by atoms with van der Waals surface area (Å²) in [6.45, 7) is 3.79. The van der Waals surface area contributed by atoms with Crippen molar-refractivity contribution in [2.75, 3.05) is 5.73 Å². The largest absolute Gasteiger partial charge is 0.383 e. The summed E-state index contributed by atoms with van der Waals surface area (Å²) in [7, 11) is 0. The molecule has 2 aromatic carbocycles. The van der Waals surface area contributed by atoms with Gasteiger partial charge in [-0.05, 0) is 56.3 Å². The number of pyridine rings is 1. The van der Waals surface area contributed by atoms with Crippen LogP contribution in [0.15, 0.2) is 73.2 Å². The third kappa shape index (κ3) is 3.59. The highest BCUT2D eigenvalue weighted by atomic mass is 19.1. The summed E-state index contributed by atoms with van der Waals surface area (Å²) < 4.78 is 17.2. The van der Waals surface area contributed by atoms with Gasteiger partial charge in [0.05, 0.1) is 22.8 Å². The molecule has 3 heterocycles. The predicted octanol–water partition coefficient (Wildman–Crippen LogP) is 5.00. The molecule has 8 heteroatoms. The number of halogens is 1. The van der Waals surface area contributed by atoms with Gasteiger partial charge in [0.1, 0.15) is 35.4 Å². The van der Waals surface area contributed by atoms with Crippen LogP contribution in [0.4, 0.5) is 10.2 Å². The van der Waals surface area contributed by atoms with E-state index in [1.54, 1.807) is 24.5 Å². The van der Waals surface area contributed by atoms with Crippen LogP contribution in [0.25, 0.3) is 33.9 Å². The average molecular weight is 449 g/mol. The first-order valence-electron chi connectivity index (χ1n) is 10.6. The molecular weight excluding hydrogens is 429 g/mol. The summed E-state index contributed by atoms with van der Waals surface area (Å²) in [6.07, 6.45) is 3.61. The number of nitrogens with zero attached hydrogens (tertiary/aromatic N) is 6. The fraction of sp³-hybridized carbons (Fsp3) is 0.0769. The molecule has 3 aromatic heterocycles. The van der Waals surface area contributed by atoms with E-state index in [1.165, 1.54) is 12.1 Å². The van der Waals surface area contributed by atoms with Crippen molar-refractivity contribution < 1.29 is 4.39 Å². The molecule has 0 radical (unpaired) electrons. The van der Waals surface area contributed by atoms with Gasteiger partial charge in [0.25, 0.3) is 0 Å². The SMILES string of the molecule is Cc1cn(-c2c(-c3cc(-c4ccc(F)cc4)nc(N)c3C#N)c(C)nn2-c2ccccc2)cn1. The first-order valence-corrected chi connectivity index (χ1v) is 10.6. The van der Waals surface area contributed by atoms with Gasteiger partial charge in [0.2, 0.25) is 0 Å². The lowest BCUT2D eigenvalue weighted by molar-refractivity contribution is 0.628. The van der Waals surface area contributed by atoms with Crippen molar-refractivity contribution >= 4 is 5.82 Å². The first kappa shape index (κ1) is 21.1. The third-order valence-corrected chi connectivity index (χ3v) is 5.56. The van der Waals surface area contributed by atoms with Crippen LogP contribution in [0, 0.1) is 31.0 Å². The molecule has 0 aliphatic heterocycles. The van der Waals surface area contributed by atoms with E-state index in [1.807, 2.05) is 59.6 Å². The van der Waals surface area contributed by atoms with Crippen molar-refractivity contribution in [2.45, 2.75) is 13.8 Å². The van der Waals surface area contributed by atoms with Crippen molar-refractivity contribution in [3.8, 4) is 40.0 Å². The van der Waals surface area contributed by atoms with Crippen LogP contribution in [0.5, 0.6) is 0 Å². The maximum Gasteiger partial charge on any atom is 0.149 e. The van der Waals surface area contributed by atoms with Gasteiger partial charge in [-0.25, -0.2) is 19.0 Å². The molecule has 0 aliphatic rings. The summed E-state index contributed by atoms with van der Waals surface area (Å²) in [4.78, 5) is 8.81. The maximum absolute atomic E-state index is 13.5. The number of para-hydroxylation sites is 1. The van der Waals surface area contributed by atoms with Crippen LogP contribution in [-0.4, -0.2) is 24.3 Å². The Morgan fingerprint density at radius 1 is 1.03 bits per heavy atom. The van der Waals surface area contributed by atoms with Gasteiger partial charge < -0.3 is 5.73 Å². The zero-order valence-corrected chi connectivity index (χ0v) is 18.6. The molecule has 0 fully saturated rings. The number of nitriles is 1. The minimum absolute atomic E-state index is 0.0962. The summed E-state index contributed by atoms with van der Waals surface area (Å²) in [6, 6.07) is 19.7. The van der Waals surface area contributed by atoms with Gasteiger partial charge in [-0.2, -0.15) is 10.4 Å². The fourth-order valence-electron chi connectivity index (χ4n) is 4.00. The zero-order chi connectivity index (χ0) is 23.8. The minimum Gasteiger partial charge on any atom is -0.383 e. The highest BCUT2D eigenvalue weighted by molar-refractivity contribution is 5.85. The van der Waals surface area contributed by atoms with Gasteiger partial charge >= 0.3 is 0 Å². The molecule has 34 heavy (non-hydrogen) atoms. The third-order valence-electron chi connectivity index (χ3n) is 5.56. The highest BCUT2D eigenvalue weighted by Crippen LogP contribution is 2.37. The van der Waals surface area contributed by atoms with E-state index < -0.39 is 0 Å². The van der Waals surface area contributed by atoms with E-state index in [9.17, 15) is 9.65 Å². The highest BCUT2D eigenvalue weighted by Gasteiger charge is 2.24. The Morgan fingerprint density at radius 2 is 1.76 bits per heavy atom. The van der Waals surface area contributed by atoms with Crippen molar-refractivity contribution in [3.63, 3.8) is 0 Å². The topological polar surface area (TPSA) is 98.3 Å². The predicted molar refractivity (Wildman–Crippen MR) is 128 cm³/mol. The van der Waals surface area contributed by atoms with E-state index in [0.717, 1.165) is 22.8 Å². The summed E-state index contributed by atoms with van der Waals surface area (Å²) >= 11 is 0. The van der Waals surface area contributed by atoms with E-state index in [-0.39, 0.29) is 17.2 Å². The lowest BCUT2D eigenvalue weighted by Gasteiger charge is -2.14. The molecule has 0 amide bonds. The molecule has 0 saturated carbocycles. The Labute approximate surface area is 195 Å². The monoisotopic (exact) mass is 449 g/mol. The van der Waals surface area contributed by atoms with Gasteiger partial charge in [0.15, 0.2) is 0 Å². The maximum atomic E-state index is 13.5. The Morgan fingerprint density at radius 3 is 2.41 bits per heavy atom. The smallest absolute Gasteiger partial charge is 0.149 e. The Bertz CT molecular complexity index is 1540. The number of hydrogen-bond acceptors (Lipinski definition) is 5. The van der Waals surface area contributed by atoms with Crippen molar-refractivity contribution in [1.29, 1.82) is 5.26 Å². The van der Waals surface area contributed by atoms with Gasteiger partial charge in [-0.3, -0.25) is 4.57 Å². The number of rotatable bonds is 4. The van der Waals surface area contributed by atoms with Crippen molar-refractivity contribution in [1.82, 2.24) is 24.3 Å². The number of nitrogens with two attached hydrogens (primary N) is 1. The second kappa shape index (κ2) is 8.30. The van der Waals surface area contributed by atoms with Gasteiger partial charge in [0, 0.05) is 22.9 Å². The molecule has 0 bridgehead atoms.